The van der Waals surface area contributed by atoms with E-state index < -0.39 is 17.8 Å². The Morgan fingerprint density at radius 2 is 1.84 bits per heavy atom. The van der Waals surface area contributed by atoms with E-state index in [1.165, 1.54) is 12.1 Å². The van der Waals surface area contributed by atoms with Gasteiger partial charge < -0.3 is 10.6 Å². The molecule has 6 heteroatoms. The third-order valence-electron chi connectivity index (χ3n) is 2.35. The standard InChI is InChI=1S/C13H16BrFN2O2/c1-7(2)16-12(18)8(3)17-13(19)9-4-5-10(14)11(15)6-9/h4-8H,1-3H3,(H,16,18)(H,17,19). The van der Waals surface area contributed by atoms with Crippen LogP contribution in [0.25, 0.3) is 0 Å². The van der Waals surface area contributed by atoms with Crippen LogP contribution in [-0.4, -0.2) is 23.9 Å². The lowest BCUT2D eigenvalue weighted by Crippen LogP contribution is -2.46. The first-order valence-electron chi connectivity index (χ1n) is 5.87. The SMILES string of the molecule is CC(C)NC(=O)C(C)NC(=O)c1ccc(Br)c(F)c1. The molecule has 4 nitrogen and oxygen atoms in total. The summed E-state index contributed by atoms with van der Waals surface area (Å²) in [6, 6.07) is 3.36. The van der Waals surface area contributed by atoms with Gasteiger partial charge in [0.15, 0.2) is 0 Å². The maximum atomic E-state index is 13.3. The Kier molecular flexibility index (Phi) is 5.47. The van der Waals surface area contributed by atoms with Gasteiger partial charge in [-0.15, -0.1) is 0 Å². The third kappa shape index (κ3) is 4.63. The molecule has 0 fully saturated rings. The summed E-state index contributed by atoms with van der Waals surface area (Å²) in [5.41, 5.74) is 0.171. The number of carbonyl (C=O) groups is 2. The van der Waals surface area contributed by atoms with Crippen molar-refractivity contribution in [2.75, 3.05) is 0 Å². The predicted molar refractivity (Wildman–Crippen MR) is 74.3 cm³/mol. The molecule has 0 radical (unpaired) electrons. The van der Waals surface area contributed by atoms with Gasteiger partial charge in [0.05, 0.1) is 4.47 Å². The Morgan fingerprint density at radius 1 is 1.21 bits per heavy atom. The molecule has 0 aromatic heterocycles. The molecule has 1 unspecified atom stereocenters. The molecule has 2 N–H and O–H groups in total. The van der Waals surface area contributed by atoms with E-state index in [2.05, 4.69) is 26.6 Å². The van der Waals surface area contributed by atoms with Crippen molar-refractivity contribution in [2.45, 2.75) is 32.9 Å². The van der Waals surface area contributed by atoms with Gasteiger partial charge in [-0.25, -0.2) is 4.39 Å². The minimum absolute atomic E-state index is 0.00280. The summed E-state index contributed by atoms with van der Waals surface area (Å²) in [5, 5.41) is 5.20. The number of benzene rings is 1. The largest absolute Gasteiger partial charge is 0.352 e. The molecular formula is C13H16BrFN2O2. The first kappa shape index (κ1) is 15.6. The molecule has 0 heterocycles. The molecule has 1 aromatic carbocycles. The maximum absolute atomic E-state index is 13.3. The van der Waals surface area contributed by atoms with Crippen LogP contribution in [0.2, 0.25) is 0 Å². The van der Waals surface area contributed by atoms with Crippen molar-refractivity contribution in [1.29, 1.82) is 0 Å². The van der Waals surface area contributed by atoms with E-state index in [4.69, 9.17) is 0 Å². The minimum atomic E-state index is -0.679. The number of rotatable bonds is 4. The second-order valence-corrected chi connectivity index (χ2v) is 5.34. The van der Waals surface area contributed by atoms with Crippen LogP contribution >= 0.6 is 15.9 Å². The lowest BCUT2D eigenvalue weighted by Gasteiger charge is -2.16. The van der Waals surface area contributed by atoms with Gasteiger partial charge in [0.2, 0.25) is 5.91 Å². The quantitative estimate of drug-likeness (QED) is 0.889. The Morgan fingerprint density at radius 3 is 2.37 bits per heavy atom. The molecule has 0 aliphatic heterocycles. The Balaban J connectivity index is 2.68. The van der Waals surface area contributed by atoms with Crippen molar-refractivity contribution >= 4 is 27.7 Å². The van der Waals surface area contributed by atoms with Crippen molar-refractivity contribution < 1.29 is 14.0 Å². The zero-order chi connectivity index (χ0) is 14.6. The fourth-order valence-corrected chi connectivity index (χ4v) is 1.64. The summed E-state index contributed by atoms with van der Waals surface area (Å²) in [5.74, 6) is -1.29. The highest BCUT2D eigenvalue weighted by Crippen LogP contribution is 2.16. The van der Waals surface area contributed by atoms with Crippen LogP contribution in [0.4, 0.5) is 4.39 Å². The Hall–Kier alpha value is -1.43. The summed E-state index contributed by atoms with van der Waals surface area (Å²) in [7, 11) is 0. The number of hydrogen-bond donors (Lipinski definition) is 2. The Bertz CT molecular complexity index is 492. The van der Waals surface area contributed by atoms with E-state index in [0.29, 0.717) is 0 Å². The van der Waals surface area contributed by atoms with E-state index in [0.717, 1.165) is 6.07 Å². The van der Waals surface area contributed by atoms with Crippen molar-refractivity contribution in [3.63, 3.8) is 0 Å². The lowest BCUT2D eigenvalue weighted by atomic mass is 10.2. The Labute approximate surface area is 119 Å². The summed E-state index contributed by atoms with van der Waals surface area (Å²) in [6.45, 7) is 5.23. The molecule has 19 heavy (non-hydrogen) atoms. The predicted octanol–water partition coefficient (Wildman–Crippen LogP) is 2.23. The second-order valence-electron chi connectivity index (χ2n) is 4.49. The van der Waals surface area contributed by atoms with Crippen molar-refractivity contribution in [3.05, 3.63) is 34.1 Å². The molecule has 1 atom stereocenters. The van der Waals surface area contributed by atoms with Gasteiger partial charge in [-0.2, -0.15) is 0 Å². The van der Waals surface area contributed by atoms with E-state index in [-0.39, 0.29) is 22.0 Å². The van der Waals surface area contributed by atoms with E-state index in [1.54, 1.807) is 6.92 Å². The average molecular weight is 331 g/mol. The van der Waals surface area contributed by atoms with E-state index in [1.807, 2.05) is 13.8 Å². The van der Waals surface area contributed by atoms with Crippen molar-refractivity contribution in [2.24, 2.45) is 0 Å². The van der Waals surface area contributed by atoms with Gasteiger partial charge in [0.25, 0.3) is 5.91 Å². The van der Waals surface area contributed by atoms with Crippen LogP contribution in [0.3, 0.4) is 0 Å². The topological polar surface area (TPSA) is 58.2 Å². The van der Waals surface area contributed by atoms with Crippen LogP contribution in [-0.2, 0) is 4.79 Å². The van der Waals surface area contributed by atoms with Gasteiger partial charge >= 0.3 is 0 Å². The smallest absolute Gasteiger partial charge is 0.252 e. The molecular weight excluding hydrogens is 315 g/mol. The minimum Gasteiger partial charge on any atom is -0.352 e. The number of carbonyl (C=O) groups excluding carboxylic acids is 2. The number of amides is 2. The molecule has 0 saturated carbocycles. The molecule has 1 aromatic rings. The van der Waals surface area contributed by atoms with Crippen LogP contribution in [0.5, 0.6) is 0 Å². The fraction of sp³-hybridized carbons (Fsp3) is 0.385. The van der Waals surface area contributed by atoms with Gasteiger partial charge in [-0.05, 0) is 54.9 Å². The molecule has 104 valence electrons. The number of nitrogens with one attached hydrogen (secondary N) is 2. The highest BCUT2D eigenvalue weighted by molar-refractivity contribution is 9.10. The first-order valence-corrected chi connectivity index (χ1v) is 6.67. The summed E-state index contributed by atoms with van der Waals surface area (Å²) in [4.78, 5) is 23.5. The zero-order valence-corrected chi connectivity index (χ0v) is 12.5. The van der Waals surface area contributed by atoms with Crippen LogP contribution < -0.4 is 10.6 Å². The van der Waals surface area contributed by atoms with Gasteiger partial charge in [-0.3, -0.25) is 9.59 Å². The average Bonchev–Trinajstić information content (AvgIpc) is 2.31. The first-order chi connectivity index (χ1) is 8.81. The summed E-state index contributed by atoms with van der Waals surface area (Å²) >= 11 is 3.01. The lowest BCUT2D eigenvalue weighted by molar-refractivity contribution is -0.123. The molecule has 0 bridgehead atoms. The normalized spacial score (nSPS) is 12.1. The monoisotopic (exact) mass is 330 g/mol. The highest BCUT2D eigenvalue weighted by Gasteiger charge is 2.17. The van der Waals surface area contributed by atoms with E-state index in [9.17, 15) is 14.0 Å². The highest BCUT2D eigenvalue weighted by atomic mass is 79.9. The van der Waals surface area contributed by atoms with Gasteiger partial charge in [0.1, 0.15) is 11.9 Å². The number of halogens is 2. The van der Waals surface area contributed by atoms with Gasteiger partial charge in [-0.1, -0.05) is 0 Å². The second kappa shape index (κ2) is 6.65. The zero-order valence-electron chi connectivity index (χ0n) is 11.0. The molecule has 0 spiro atoms. The van der Waals surface area contributed by atoms with Crippen molar-refractivity contribution in [1.82, 2.24) is 10.6 Å². The molecule has 0 saturated heterocycles. The van der Waals surface area contributed by atoms with Crippen molar-refractivity contribution in [3.8, 4) is 0 Å². The van der Waals surface area contributed by atoms with Gasteiger partial charge in [0, 0.05) is 11.6 Å². The summed E-state index contributed by atoms with van der Waals surface area (Å²) in [6.07, 6.45) is 0. The van der Waals surface area contributed by atoms with Crippen LogP contribution in [0.1, 0.15) is 31.1 Å². The molecule has 0 aliphatic carbocycles. The molecule has 2 amide bonds. The fourth-order valence-electron chi connectivity index (χ4n) is 1.39. The molecule has 0 aliphatic rings. The number of hydrogen-bond acceptors (Lipinski definition) is 2. The van der Waals surface area contributed by atoms with Crippen LogP contribution in [0.15, 0.2) is 22.7 Å². The summed E-state index contributed by atoms with van der Waals surface area (Å²) < 4.78 is 13.6. The molecule has 1 rings (SSSR count). The van der Waals surface area contributed by atoms with Crippen LogP contribution in [0, 0.1) is 5.82 Å². The maximum Gasteiger partial charge on any atom is 0.252 e. The third-order valence-corrected chi connectivity index (χ3v) is 3.00. The van der Waals surface area contributed by atoms with E-state index >= 15 is 0 Å².